The van der Waals surface area contributed by atoms with Crippen molar-refractivity contribution < 1.29 is 28.2 Å². The maximum atomic E-state index is 13.8. The number of halogens is 1. The van der Waals surface area contributed by atoms with E-state index in [-0.39, 0.29) is 40.9 Å². The van der Waals surface area contributed by atoms with Crippen LogP contribution in [0.15, 0.2) is 66.9 Å². The van der Waals surface area contributed by atoms with Crippen molar-refractivity contribution >= 4 is 11.6 Å². The Balaban J connectivity index is 1.54. The number of hydrogen-bond acceptors (Lipinski definition) is 8. The highest BCUT2D eigenvalue weighted by atomic mass is 19.1. The maximum Gasteiger partial charge on any atom is 0.214 e. The molecule has 0 amide bonds. The second-order valence-electron chi connectivity index (χ2n) is 8.94. The van der Waals surface area contributed by atoms with Crippen LogP contribution in [0.1, 0.15) is 37.8 Å². The molecule has 200 valence electrons. The average molecular weight is 540 g/mol. The van der Waals surface area contributed by atoms with Gasteiger partial charge in [-0.25, -0.2) is 14.1 Å². The normalized spacial score (nSPS) is 12.2. The van der Waals surface area contributed by atoms with Crippen LogP contribution >= 0.6 is 0 Å². The number of hydrogen-bond donors (Lipinski definition) is 0. The molecule has 0 atom stereocenters. The molecule has 40 heavy (non-hydrogen) atoms. The number of benzene rings is 3. The lowest BCUT2D eigenvalue weighted by molar-refractivity contribution is 0.0971. The number of aromatic nitrogens is 5. The first-order chi connectivity index (χ1) is 19.4. The highest BCUT2D eigenvalue weighted by Gasteiger charge is 2.37. The maximum absolute atomic E-state index is 13.8. The molecule has 0 aliphatic heterocycles. The molecule has 2 aromatic heterocycles. The van der Waals surface area contributed by atoms with Crippen molar-refractivity contribution in [3.8, 4) is 34.3 Å². The van der Waals surface area contributed by atoms with E-state index in [4.69, 9.17) is 14.2 Å². The molecule has 5 aromatic rings. The minimum atomic E-state index is -0.369. The molecule has 1 aliphatic carbocycles. The lowest BCUT2D eigenvalue weighted by Gasteiger charge is -2.18. The summed E-state index contributed by atoms with van der Waals surface area (Å²) in [4.78, 5) is 32.0. The number of ether oxygens (including phenoxy) is 3. The summed E-state index contributed by atoms with van der Waals surface area (Å²) in [6.45, 7) is 0.0531. The van der Waals surface area contributed by atoms with E-state index in [0.29, 0.717) is 45.6 Å². The van der Waals surface area contributed by atoms with Crippen molar-refractivity contribution in [1.29, 1.82) is 0 Å². The Kier molecular flexibility index (Phi) is 6.10. The van der Waals surface area contributed by atoms with Gasteiger partial charge in [0.2, 0.25) is 17.3 Å². The van der Waals surface area contributed by atoms with E-state index in [1.807, 2.05) is 0 Å². The quantitative estimate of drug-likeness (QED) is 0.298. The van der Waals surface area contributed by atoms with Gasteiger partial charge in [-0.15, -0.1) is 5.10 Å². The molecular weight excluding hydrogens is 517 g/mol. The fraction of sp³-hybridized carbons (Fsp3) is 0.138. The van der Waals surface area contributed by atoms with Gasteiger partial charge in [0.25, 0.3) is 0 Å². The molecule has 0 spiro atoms. The third-order valence-electron chi connectivity index (χ3n) is 6.71. The monoisotopic (exact) mass is 539 g/mol. The van der Waals surface area contributed by atoms with Crippen molar-refractivity contribution in [1.82, 2.24) is 24.5 Å². The molecule has 0 N–H and O–H groups in total. The SMILES string of the molecule is COc1ccc(-c2nc3c(n2Cc2cn(-c4ccc(F)cc4)nn2)C(=O)c2ccccc2C3=O)c(OC)c1OC. The predicted octanol–water partition coefficient (Wildman–Crippen LogP) is 4.12. The minimum absolute atomic E-state index is 0.0291. The fourth-order valence-electron chi connectivity index (χ4n) is 4.87. The highest BCUT2D eigenvalue weighted by Crippen LogP contribution is 2.45. The number of rotatable bonds is 7. The zero-order chi connectivity index (χ0) is 28.0. The summed E-state index contributed by atoms with van der Waals surface area (Å²) in [5.41, 5.74) is 2.30. The first-order valence-corrected chi connectivity index (χ1v) is 12.2. The molecular formula is C29H22FN5O5. The van der Waals surface area contributed by atoms with Crippen LogP contribution in [0.25, 0.3) is 17.1 Å². The average Bonchev–Trinajstić information content (AvgIpc) is 3.61. The van der Waals surface area contributed by atoms with Crippen LogP contribution in [0, 0.1) is 5.82 Å². The second-order valence-corrected chi connectivity index (χ2v) is 8.94. The number of ketones is 2. The molecule has 0 bridgehead atoms. The summed E-state index contributed by atoms with van der Waals surface area (Å²) in [6, 6.07) is 15.9. The second kappa shape index (κ2) is 9.77. The van der Waals surface area contributed by atoms with Crippen LogP contribution in [0.5, 0.6) is 17.2 Å². The highest BCUT2D eigenvalue weighted by molar-refractivity contribution is 6.27. The molecule has 0 fully saturated rings. The van der Waals surface area contributed by atoms with Crippen LogP contribution in [-0.2, 0) is 6.54 Å². The van der Waals surface area contributed by atoms with E-state index >= 15 is 0 Å². The summed E-state index contributed by atoms with van der Waals surface area (Å²) in [5, 5.41) is 8.43. The van der Waals surface area contributed by atoms with Crippen LogP contribution in [0.3, 0.4) is 0 Å². The van der Waals surface area contributed by atoms with Gasteiger partial charge in [-0.1, -0.05) is 29.5 Å². The van der Waals surface area contributed by atoms with Gasteiger partial charge in [0, 0.05) is 11.1 Å². The Bertz CT molecular complexity index is 1790. The largest absolute Gasteiger partial charge is 0.493 e. The predicted molar refractivity (Wildman–Crippen MR) is 141 cm³/mol. The van der Waals surface area contributed by atoms with Crippen molar-refractivity contribution in [3.05, 3.63) is 101 Å². The van der Waals surface area contributed by atoms with Gasteiger partial charge in [0.1, 0.15) is 28.7 Å². The van der Waals surface area contributed by atoms with E-state index < -0.39 is 0 Å². The number of carbonyl (C=O) groups is 2. The van der Waals surface area contributed by atoms with Gasteiger partial charge in [-0.2, -0.15) is 0 Å². The smallest absolute Gasteiger partial charge is 0.214 e. The van der Waals surface area contributed by atoms with Crippen molar-refractivity contribution in [3.63, 3.8) is 0 Å². The standard InChI is InChI=1S/C29H22FN5O5/c1-38-22-13-12-21(27(39-2)28(22)40-3)29-31-23-24(26(37)20-7-5-4-6-19(20)25(23)36)34(29)14-17-15-35(33-32-17)18-10-8-16(30)9-11-18/h4-13,15H,14H2,1-3H3. The van der Waals surface area contributed by atoms with Gasteiger partial charge in [0.05, 0.1) is 45.3 Å². The molecule has 0 saturated heterocycles. The zero-order valence-electron chi connectivity index (χ0n) is 21.7. The Morgan fingerprint density at radius 1 is 0.800 bits per heavy atom. The lowest BCUT2D eigenvalue weighted by atomic mass is 9.90. The van der Waals surface area contributed by atoms with Crippen molar-refractivity contribution in [2.75, 3.05) is 21.3 Å². The first kappa shape index (κ1) is 25.0. The Hall–Kier alpha value is -5.32. The van der Waals surface area contributed by atoms with E-state index in [1.165, 1.54) is 38.1 Å². The first-order valence-electron chi connectivity index (χ1n) is 12.2. The summed E-state index contributed by atoms with van der Waals surface area (Å²) in [5.74, 6) is 0.317. The van der Waals surface area contributed by atoms with E-state index in [1.54, 1.807) is 59.3 Å². The molecule has 10 nitrogen and oxygen atoms in total. The third kappa shape index (κ3) is 3.90. The Labute approximate surface area is 227 Å². The molecule has 3 aromatic carbocycles. The number of carbonyl (C=O) groups excluding carboxylic acids is 2. The summed E-state index contributed by atoms with van der Waals surface area (Å²) in [7, 11) is 4.48. The topological polar surface area (TPSA) is 110 Å². The number of fused-ring (bicyclic) bond motifs is 2. The lowest BCUT2D eigenvalue weighted by Crippen LogP contribution is -2.23. The summed E-state index contributed by atoms with van der Waals surface area (Å²) < 4.78 is 33.2. The van der Waals surface area contributed by atoms with E-state index in [9.17, 15) is 14.0 Å². The molecule has 0 unspecified atom stereocenters. The van der Waals surface area contributed by atoms with Gasteiger partial charge in [-0.05, 0) is 36.4 Å². The van der Waals surface area contributed by atoms with Crippen LogP contribution in [0.4, 0.5) is 4.39 Å². The summed E-state index contributed by atoms with van der Waals surface area (Å²) in [6.07, 6.45) is 1.66. The molecule has 0 saturated carbocycles. The van der Waals surface area contributed by atoms with E-state index in [2.05, 4.69) is 15.3 Å². The van der Waals surface area contributed by atoms with Gasteiger partial charge >= 0.3 is 0 Å². The van der Waals surface area contributed by atoms with Crippen molar-refractivity contribution in [2.24, 2.45) is 0 Å². The van der Waals surface area contributed by atoms with Crippen molar-refractivity contribution in [2.45, 2.75) is 6.54 Å². The van der Waals surface area contributed by atoms with Crippen LogP contribution in [0.2, 0.25) is 0 Å². The minimum Gasteiger partial charge on any atom is -0.493 e. The summed E-state index contributed by atoms with van der Waals surface area (Å²) >= 11 is 0. The van der Waals surface area contributed by atoms with Gasteiger partial charge in [0.15, 0.2) is 11.5 Å². The number of nitrogens with zero attached hydrogens (tertiary/aromatic N) is 5. The molecule has 6 rings (SSSR count). The zero-order valence-corrected chi connectivity index (χ0v) is 21.7. The fourth-order valence-corrected chi connectivity index (χ4v) is 4.87. The van der Waals surface area contributed by atoms with Gasteiger partial charge < -0.3 is 18.8 Å². The Morgan fingerprint density at radius 2 is 1.50 bits per heavy atom. The molecule has 0 radical (unpaired) electrons. The number of methoxy groups -OCH3 is 3. The van der Waals surface area contributed by atoms with Gasteiger partial charge in [-0.3, -0.25) is 9.59 Å². The van der Waals surface area contributed by atoms with Crippen LogP contribution in [-0.4, -0.2) is 57.4 Å². The van der Waals surface area contributed by atoms with Crippen LogP contribution < -0.4 is 14.2 Å². The Morgan fingerprint density at radius 3 is 2.17 bits per heavy atom. The number of imidazole rings is 1. The molecule has 1 aliphatic rings. The third-order valence-corrected chi connectivity index (χ3v) is 6.71. The molecule has 2 heterocycles. The van der Waals surface area contributed by atoms with E-state index in [0.717, 1.165) is 0 Å². The molecule has 11 heteroatoms.